The summed E-state index contributed by atoms with van der Waals surface area (Å²) in [7, 11) is 0. The van der Waals surface area contributed by atoms with Crippen molar-refractivity contribution in [2.75, 3.05) is 5.32 Å². The molecule has 0 unspecified atom stereocenters. The van der Waals surface area contributed by atoms with E-state index in [1.54, 1.807) is 24.3 Å². The number of carbonyl (C=O) groups excluding carboxylic acids is 2. The van der Waals surface area contributed by atoms with Gasteiger partial charge in [0, 0.05) is 12.5 Å². The van der Waals surface area contributed by atoms with Gasteiger partial charge in [-0.3, -0.25) is 9.59 Å². The molecule has 0 bridgehead atoms. The number of halogens is 2. The third-order valence-electron chi connectivity index (χ3n) is 2.35. The number of benzene rings is 1. The molecule has 0 saturated carbocycles. The van der Waals surface area contributed by atoms with E-state index in [0.29, 0.717) is 11.3 Å². The van der Waals surface area contributed by atoms with Crippen molar-refractivity contribution in [1.29, 1.82) is 0 Å². The molecule has 2 aromatic rings. The van der Waals surface area contributed by atoms with E-state index >= 15 is 0 Å². The zero-order valence-corrected chi connectivity index (χ0v) is 11.4. The number of nitrogens with one attached hydrogen (secondary N) is 1. The second-order valence-corrected chi connectivity index (χ2v) is 5.19. The van der Waals surface area contributed by atoms with Crippen LogP contribution < -0.4 is 5.32 Å². The number of rotatable bonds is 3. The molecule has 1 amide bonds. The van der Waals surface area contributed by atoms with Crippen LogP contribution in [0.15, 0.2) is 30.3 Å². The lowest BCUT2D eigenvalue weighted by Gasteiger charge is -2.04. The van der Waals surface area contributed by atoms with E-state index in [2.05, 4.69) is 5.32 Å². The summed E-state index contributed by atoms with van der Waals surface area (Å²) in [5.74, 6) is -0.787. The molecule has 0 aliphatic carbocycles. The summed E-state index contributed by atoms with van der Waals surface area (Å²) in [4.78, 5) is 23.3. The first kappa shape index (κ1) is 13.7. The minimum Gasteiger partial charge on any atom is -0.317 e. The largest absolute Gasteiger partial charge is 0.317 e. The summed E-state index contributed by atoms with van der Waals surface area (Å²) >= 11 is 6.64. The Morgan fingerprint density at radius 3 is 2.58 bits per heavy atom. The van der Waals surface area contributed by atoms with Gasteiger partial charge >= 0.3 is 0 Å². The van der Waals surface area contributed by atoms with E-state index in [1.807, 2.05) is 0 Å². The molecular weight excluding hydrogens is 289 g/mol. The maximum Gasteiger partial charge on any atom is 0.221 e. The van der Waals surface area contributed by atoms with E-state index in [9.17, 15) is 14.0 Å². The zero-order valence-electron chi connectivity index (χ0n) is 9.87. The number of anilines is 1. The molecule has 1 N–H and O–H groups in total. The van der Waals surface area contributed by atoms with Crippen LogP contribution in [0.2, 0.25) is 5.02 Å². The molecule has 1 aromatic heterocycles. The maximum atomic E-state index is 13.3. The Hall–Kier alpha value is -1.72. The maximum absolute atomic E-state index is 13.3. The highest BCUT2D eigenvalue weighted by atomic mass is 35.5. The predicted octanol–water partition coefficient (Wildman–Crippen LogP) is 3.73. The van der Waals surface area contributed by atoms with Gasteiger partial charge in [0.05, 0.1) is 10.6 Å². The lowest BCUT2D eigenvalue weighted by molar-refractivity contribution is -0.114. The molecule has 98 valence electrons. The molecule has 3 nitrogen and oxygen atoms in total. The first-order valence-electron chi connectivity index (χ1n) is 5.35. The monoisotopic (exact) mass is 297 g/mol. The van der Waals surface area contributed by atoms with Crippen molar-refractivity contribution in [3.8, 4) is 0 Å². The minimum atomic E-state index is -0.542. The van der Waals surface area contributed by atoms with Gasteiger partial charge in [-0.1, -0.05) is 35.1 Å². The number of carbonyl (C=O) groups is 2. The van der Waals surface area contributed by atoms with Crippen molar-refractivity contribution in [1.82, 2.24) is 0 Å². The van der Waals surface area contributed by atoms with Crippen LogP contribution in [0.25, 0.3) is 0 Å². The van der Waals surface area contributed by atoms with E-state index < -0.39 is 10.9 Å². The number of ketones is 1. The van der Waals surface area contributed by atoms with Gasteiger partial charge in [0.1, 0.15) is 5.00 Å². The molecule has 1 aromatic carbocycles. The van der Waals surface area contributed by atoms with Crippen LogP contribution >= 0.6 is 22.9 Å². The van der Waals surface area contributed by atoms with E-state index in [0.717, 1.165) is 6.07 Å². The highest BCUT2D eigenvalue weighted by Gasteiger charge is 2.20. The molecule has 0 spiro atoms. The minimum absolute atomic E-state index is 0.103. The van der Waals surface area contributed by atoms with E-state index in [1.165, 1.54) is 6.92 Å². The molecule has 19 heavy (non-hydrogen) atoms. The Morgan fingerprint density at radius 2 is 1.95 bits per heavy atom. The summed E-state index contributed by atoms with van der Waals surface area (Å²) in [5, 5.41) is 2.37. The Morgan fingerprint density at radius 1 is 1.26 bits per heavy atom. The second-order valence-electron chi connectivity index (χ2n) is 3.78. The average Bonchev–Trinajstić information content (AvgIpc) is 2.69. The summed E-state index contributed by atoms with van der Waals surface area (Å²) in [6.45, 7) is 1.29. The molecule has 0 atom stereocenters. The van der Waals surface area contributed by atoms with Crippen LogP contribution in [0.3, 0.4) is 0 Å². The van der Waals surface area contributed by atoms with Gasteiger partial charge in [0.15, 0.2) is 10.9 Å². The predicted molar refractivity (Wildman–Crippen MR) is 73.5 cm³/mol. The van der Waals surface area contributed by atoms with Crippen molar-refractivity contribution in [2.24, 2.45) is 0 Å². The smallest absolute Gasteiger partial charge is 0.221 e. The van der Waals surface area contributed by atoms with Gasteiger partial charge in [0.25, 0.3) is 0 Å². The lowest BCUT2D eigenvalue weighted by atomic mass is 10.1. The van der Waals surface area contributed by atoms with Crippen LogP contribution in [0.1, 0.15) is 22.8 Å². The van der Waals surface area contributed by atoms with Crippen molar-refractivity contribution < 1.29 is 14.0 Å². The summed E-state index contributed by atoms with van der Waals surface area (Å²) in [6.07, 6.45) is 0. The average molecular weight is 298 g/mol. The van der Waals surface area contributed by atoms with Crippen LogP contribution in [0.5, 0.6) is 0 Å². The van der Waals surface area contributed by atoms with E-state index in [4.69, 9.17) is 11.6 Å². The van der Waals surface area contributed by atoms with Crippen LogP contribution in [0.4, 0.5) is 9.39 Å². The first-order chi connectivity index (χ1) is 8.99. The highest BCUT2D eigenvalue weighted by Crippen LogP contribution is 2.30. The number of amides is 1. The van der Waals surface area contributed by atoms with Crippen molar-refractivity contribution >= 4 is 39.6 Å². The Balaban J connectivity index is 2.44. The molecule has 0 saturated heterocycles. The fourth-order valence-electron chi connectivity index (χ4n) is 1.57. The van der Waals surface area contributed by atoms with Gasteiger partial charge in [-0.05, 0) is 18.2 Å². The van der Waals surface area contributed by atoms with Gasteiger partial charge in [-0.25, -0.2) is 0 Å². The van der Waals surface area contributed by atoms with Gasteiger partial charge in [-0.2, -0.15) is 4.39 Å². The molecule has 0 fully saturated rings. The van der Waals surface area contributed by atoms with Gasteiger partial charge in [0.2, 0.25) is 5.91 Å². The third-order valence-corrected chi connectivity index (χ3v) is 3.52. The molecular formula is C13H9ClFNO2S. The number of hydrogen-bond donors (Lipinski definition) is 1. The van der Waals surface area contributed by atoms with Crippen molar-refractivity contribution in [3.05, 3.63) is 51.6 Å². The Kier molecular flexibility index (Phi) is 3.97. The Bertz CT molecular complexity index is 654. The third kappa shape index (κ3) is 3.00. The quantitative estimate of drug-likeness (QED) is 0.878. The van der Waals surface area contributed by atoms with E-state index in [-0.39, 0.29) is 27.1 Å². The molecule has 0 aliphatic heterocycles. The fourth-order valence-corrected chi connectivity index (χ4v) is 2.62. The fraction of sp³-hybridized carbons (Fsp3) is 0.0769. The number of thiophene rings is 1. The lowest BCUT2D eigenvalue weighted by Crippen LogP contribution is -2.09. The Labute approximate surface area is 118 Å². The zero-order chi connectivity index (χ0) is 14.0. The first-order valence-corrected chi connectivity index (χ1v) is 6.54. The summed E-state index contributed by atoms with van der Waals surface area (Å²) in [5.41, 5.74) is 0.374. The summed E-state index contributed by atoms with van der Waals surface area (Å²) < 4.78 is 13.3. The molecule has 2 rings (SSSR count). The normalized spacial score (nSPS) is 10.3. The van der Waals surface area contributed by atoms with Crippen molar-refractivity contribution in [2.45, 2.75) is 6.92 Å². The molecule has 0 aliphatic rings. The van der Waals surface area contributed by atoms with Gasteiger partial charge in [-0.15, -0.1) is 0 Å². The SMILES string of the molecule is CC(=O)Nc1sc(F)cc1C(=O)c1ccccc1Cl. The van der Waals surface area contributed by atoms with Gasteiger partial charge < -0.3 is 5.32 Å². The topological polar surface area (TPSA) is 46.2 Å². The molecule has 6 heteroatoms. The standard InChI is InChI=1S/C13H9ClFNO2S/c1-7(17)16-13-9(6-11(15)19-13)12(18)8-4-2-3-5-10(8)14/h2-6H,1H3,(H,16,17). The second kappa shape index (κ2) is 5.50. The van der Waals surface area contributed by atoms with Crippen LogP contribution in [-0.2, 0) is 4.79 Å². The molecule has 0 radical (unpaired) electrons. The highest BCUT2D eigenvalue weighted by molar-refractivity contribution is 7.15. The van der Waals surface area contributed by atoms with Crippen molar-refractivity contribution in [3.63, 3.8) is 0 Å². The van der Waals surface area contributed by atoms with Crippen LogP contribution in [0, 0.1) is 5.13 Å². The number of hydrogen-bond acceptors (Lipinski definition) is 3. The summed E-state index contributed by atoms with van der Waals surface area (Å²) in [6, 6.07) is 7.59. The van der Waals surface area contributed by atoms with Crippen LogP contribution in [-0.4, -0.2) is 11.7 Å². The molecule has 1 heterocycles.